The summed E-state index contributed by atoms with van der Waals surface area (Å²) < 4.78 is 38.6. The molecule has 33 heavy (non-hydrogen) atoms. The molecule has 0 amide bonds. The molecule has 170 valence electrons. The Morgan fingerprint density at radius 1 is 0.939 bits per heavy atom. The average Bonchev–Trinajstić information content (AvgIpc) is 2.80. The predicted octanol–water partition coefficient (Wildman–Crippen LogP) is 7.14. The van der Waals surface area contributed by atoms with Gasteiger partial charge in [-0.15, -0.1) is 0 Å². The van der Waals surface area contributed by atoms with Crippen LogP contribution in [0.3, 0.4) is 0 Å². The van der Waals surface area contributed by atoms with Crippen molar-refractivity contribution in [3.05, 3.63) is 113 Å². The Morgan fingerprint density at radius 2 is 1.67 bits per heavy atom. The number of aryl methyl sites for hydroxylation is 1. The highest BCUT2D eigenvalue weighted by atomic mass is 19.4. The largest absolute Gasteiger partial charge is 0.416 e. The smallest absolute Gasteiger partial charge is 0.321 e. The Morgan fingerprint density at radius 3 is 2.36 bits per heavy atom. The van der Waals surface area contributed by atoms with Crippen LogP contribution in [0.2, 0.25) is 0 Å². The molecule has 0 aliphatic carbocycles. The van der Waals surface area contributed by atoms with Crippen molar-refractivity contribution in [3.8, 4) is 0 Å². The van der Waals surface area contributed by atoms with Crippen LogP contribution < -0.4 is 10.9 Å². The van der Waals surface area contributed by atoms with Gasteiger partial charge in [-0.25, -0.2) is 5.43 Å². The zero-order valence-corrected chi connectivity index (χ0v) is 18.3. The number of rotatable bonds is 9. The van der Waals surface area contributed by atoms with Gasteiger partial charge >= 0.3 is 6.18 Å². The van der Waals surface area contributed by atoms with E-state index >= 15 is 0 Å². The van der Waals surface area contributed by atoms with Crippen molar-refractivity contribution in [2.75, 3.05) is 12.0 Å². The van der Waals surface area contributed by atoms with Gasteiger partial charge in [-0.3, -0.25) is 0 Å². The second-order valence-electron chi connectivity index (χ2n) is 7.64. The molecule has 0 aliphatic rings. The van der Waals surface area contributed by atoms with Crippen molar-refractivity contribution in [3.63, 3.8) is 0 Å². The lowest BCUT2D eigenvalue weighted by Crippen LogP contribution is -2.27. The van der Waals surface area contributed by atoms with Gasteiger partial charge in [0.25, 0.3) is 0 Å². The fourth-order valence-electron chi connectivity index (χ4n) is 3.19. The van der Waals surface area contributed by atoms with E-state index in [4.69, 9.17) is 5.41 Å². The number of hydrogen-bond donors (Lipinski definition) is 3. The quantitative estimate of drug-likeness (QED) is 0.240. The molecule has 0 saturated carbocycles. The van der Waals surface area contributed by atoms with Gasteiger partial charge in [0.2, 0.25) is 0 Å². The molecule has 0 aromatic heterocycles. The minimum absolute atomic E-state index is 0.147. The van der Waals surface area contributed by atoms with E-state index in [-0.39, 0.29) is 12.2 Å². The maximum Gasteiger partial charge on any atom is 0.416 e. The third-order valence-electron chi connectivity index (χ3n) is 4.92. The summed E-state index contributed by atoms with van der Waals surface area (Å²) in [7, 11) is 0. The lowest BCUT2D eigenvalue weighted by atomic mass is 10.00. The first-order valence-electron chi connectivity index (χ1n) is 10.5. The maximum absolute atomic E-state index is 12.9. The van der Waals surface area contributed by atoms with Crippen LogP contribution in [0.5, 0.6) is 0 Å². The van der Waals surface area contributed by atoms with Crippen LogP contribution in [-0.2, 0) is 6.18 Å². The summed E-state index contributed by atoms with van der Waals surface area (Å²) in [5.74, 6) is 0. The molecule has 0 fully saturated rings. The Bertz CT molecular complexity index is 1120. The van der Waals surface area contributed by atoms with Gasteiger partial charge in [-0.2, -0.15) is 13.2 Å². The number of alkyl halides is 3. The second-order valence-corrected chi connectivity index (χ2v) is 7.64. The highest BCUT2D eigenvalue weighted by Crippen LogP contribution is 2.30. The highest BCUT2D eigenvalue weighted by Gasteiger charge is 2.30. The number of benzene rings is 3. The van der Waals surface area contributed by atoms with Gasteiger partial charge in [0.1, 0.15) is 0 Å². The number of anilines is 1. The zero-order valence-electron chi connectivity index (χ0n) is 18.3. The number of hydrazine groups is 1. The minimum atomic E-state index is -4.40. The first-order chi connectivity index (χ1) is 15.8. The van der Waals surface area contributed by atoms with Crippen molar-refractivity contribution >= 4 is 23.0 Å². The SMILES string of the molecule is Cc1ccc(/C=C/C/C(=C\C(=N)CNNc2cccc(C(F)(F)F)c2)c2ccccc2)cc1. The molecule has 3 rings (SSSR count). The predicted molar refractivity (Wildman–Crippen MR) is 130 cm³/mol. The van der Waals surface area contributed by atoms with E-state index in [1.54, 1.807) is 6.08 Å². The van der Waals surface area contributed by atoms with Crippen molar-refractivity contribution < 1.29 is 13.2 Å². The normalized spacial score (nSPS) is 12.2. The van der Waals surface area contributed by atoms with Crippen LogP contribution in [0.25, 0.3) is 11.6 Å². The Hall–Kier alpha value is -3.64. The molecule has 0 atom stereocenters. The second kappa shape index (κ2) is 11.3. The molecule has 0 saturated heterocycles. The Labute approximate surface area is 192 Å². The molecular weight excluding hydrogens is 423 g/mol. The monoisotopic (exact) mass is 449 g/mol. The fraction of sp³-hybridized carbons (Fsp3) is 0.148. The molecule has 0 spiro atoms. The van der Waals surface area contributed by atoms with E-state index in [1.807, 2.05) is 43.3 Å². The van der Waals surface area contributed by atoms with Gasteiger partial charge < -0.3 is 10.8 Å². The molecular formula is C27H26F3N3. The van der Waals surface area contributed by atoms with Gasteiger partial charge in [0, 0.05) is 11.4 Å². The van der Waals surface area contributed by atoms with E-state index in [0.29, 0.717) is 12.1 Å². The van der Waals surface area contributed by atoms with Crippen molar-refractivity contribution in [1.82, 2.24) is 5.43 Å². The van der Waals surface area contributed by atoms with E-state index in [2.05, 4.69) is 41.2 Å². The molecule has 3 nitrogen and oxygen atoms in total. The van der Waals surface area contributed by atoms with Crippen molar-refractivity contribution in [2.24, 2.45) is 0 Å². The van der Waals surface area contributed by atoms with Gasteiger partial charge in [-0.1, -0.05) is 78.4 Å². The number of hydrogen-bond acceptors (Lipinski definition) is 3. The van der Waals surface area contributed by atoms with E-state index in [0.717, 1.165) is 28.8 Å². The molecule has 0 heterocycles. The van der Waals surface area contributed by atoms with Crippen molar-refractivity contribution in [1.29, 1.82) is 5.41 Å². The van der Waals surface area contributed by atoms with Crippen LogP contribution >= 0.6 is 0 Å². The lowest BCUT2D eigenvalue weighted by molar-refractivity contribution is -0.137. The Kier molecular flexibility index (Phi) is 8.22. The van der Waals surface area contributed by atoms with Crippen LogP contribution in [0, 0.1) is 12.3 Å². The maximum atomic E-state index is 12.9. The van der Waals surface area contributed by atoms with E-state index in [9.17, 15) is 13.2 Å². The Balaban J connectivity index is 1.64. The van der Waals surface area contributed by atoms with Crippen LogP contribution in [0.15, 0.2) is 91.0 Å². The third-order valence-corrected chi connectivity index (χ3v) is 4.92. The summed E-state index contributed by atoms with van der Waals surface area (Å²) >= 11 is 0. The molecule has 0 bridgehead atoms. The first kappa shape index (κ1) is 24.0. The van der Waals surface area contributed by atoms with Crippen molar-refractivity contribution in [2.45, 2.75) is 19.5 Å². The van der Waals surface area contributed by atoms with Gasteiger partial charge in [-0.05, 0) is 54.3 Å². The third kappa shape index (κ3) is 7.77. The summed E-state index contributed by atoms with van der Waals surface area (Å²) in [6, 6.07) is 23.0. The lowest BCUT2D eigenvalue weighted by Gasteiger charge is -2.12. The highest BCUT2D eigenvalue weighted by molar-refractivity contribution is 6.00. The molecule has 3 N–H and O–H groups in total. The summed E-state index contributed by atoms with van der Waals surface area (Å²) in [4.78, 5) is 0. The van der Waals surface area contributed by atoms with Gasteiger partial charge in [0.05, 0.1) is 12.1 Å². The van der Waals surface area contributed by atoms with Crippen LogP contribution in [-0.4, -0.2) is 12.3 Å². The van der Waals surface area contributed by atoms with E-state index in [1.165, 1.54) is 17.7 Å². The summed E-state index contributed by atoms with van der Waals surface area (Å²) in [5.41, 5.74) is 9.72. The number of nitrogens with one attached hydrogen (secondary N) is 3. The molecule has 0 unspecified atom stereocenters. The molecule has 6 heteroatoms. The molecule has 0 aliphatic heterocycles. The molecule has 3 aromatic rings. The number of allylic oxidation sites excluding steroid dienone is 2. The van der Waals surface area contributed by atoms with Crippen LogP contribution in [0.4, 0.5) is 18.9 Å². The molecule has 3 aromatic carbocycles. The minimum Gasteiger partial charge on any atom is -0.321 e. The topological polar surface area (TPSA) is 47.9 Å². The number of halogens is 3. The first-order valence-corrected chi connectivity index (χ1v) is 10.5. The van der Waals surface area contributed by atoms with Crippen LogP contribution in [0.1, 0.15) is 28.7 Å². The van der Waals surface area contributed by atoms with E-state index < -0.39 is 11.7 Å². The molecule has 0 radical (unpaired) electrons. The summed E-state index contributed by atoms with van der Waals surface area (Å²) in [6.45, 7) is 2.19. The zero-order chi connectivity index (χ0) is 23.7. The summed E-state index contributed by atoms with van der Waals surface area (Å²) in [6.07, 6.45) is 2.14. The van der Waals surface area contributed by atoms with Gasteiger partial charge in [0.15, 0.2) is 0 Å². The standard InChI is InChI=1S/C27H26F3N3/c1-20-13-15-21(16-14-20)7-5-10-23(22-8-3-2-4-9-22)17-25(31)19-32-33-26-12-6-11-24(18-26)27(28,29)30/h2-9,11-18,31-33H,10,19H2,1H3/b7-5+,23-17+,31-25?. The fourth-order valence-corrected chi connectivity index (χ4v) is 3.19. The summed E-state index contributed by atoms with van der Waals surface area (Å²) in [5, 5.41) is 8.32. The average molecular weight is 450 g/mol.